The molecule has 1 aliphatic heterocycles. The van der Waals surface area contributed by atoms with Crippen molar-refractivity contribution < 1.29 is 4.79 Å². The van der Waals surface area contributed by atoms with Crippen molar-refractivity contribution >= 4 is 36.5 Å². The van der Waals surface area contributed by atoms with Crippen molar-refractivity contribution in [1.82, 2.24) is 10.3 Å². The Labute approximate surface area is 163 Å². The standard InChI is InChI=1S/C18H28N4O.2ClH/c1-18(19)10-4-2-6-15(18)17(23)21-14-8-12-22(13-9-14)16-7-3-5-11-20-16;;/h3,5,7,11,14-15H,2,4,6,8-10,12-13,19H2,1H3,(H,21,23);2*1H. The van der Waals surface area contributed by atoms with E-state index in [1.54, 1.807) is 0 Å². The lowest BCUT2D eigenvalue weighted by Crippen LogP contribution is -2.55. The Balaban J connectivity index is 0.00000156. The second-order valence-corrected chi connectivity index (χ2v) is 7.26. The maximum Gasteiger partial charge on any atom is 0.225 e. The van der Waals surface area contributed by atoms with Gasteiger partial charge in [0.05, 0.1) is 5.92 Å². The molecule has 25 heavy (non-hydrogen) atoms. The van der Waals surface area contributed by atoms with Crippen molar-refractivity contribution in [3.8, 4) is 0 Å². The van der Waals surface area contributed by atoms with Crippen LogP contribution in [0.4, 0.5) is 5.82 Å². The molecule has 1 saturated heterocycles. The van der Waals surface area contributed by atoms with E-state index < -0.39 is 0 Å². The molecule has 1 aromatic rings. The highest BCUT2D eigenvalue weighted by molar-refractivity contribution is 5.85. The number of piperidine rings is 1. The Hall–Kier alpha value is -1.04. The first kappa shape index (κ1) is 22.0. The molecule has 3 N–H and O–H groups in total. The molecule has 1 amide bonds. The topological polar surface area (TPSA) is 71.2 Å². The highest BCUT2D eigenvalue weighted by Gasteiger charge is 2.38. The molecule has 2 atom stereocenters. The SMILES string of the molecule is CC1(N)CCCCC1C(=O)NC1CCN(c2ccccn2)CC1.Cl.Cl. The number of aromatic nitrogens is 1. The summed E-state index contributed by atoms with van der Waals surface area (Å²) in [5.41, 5.74) is 6.00. The molecule has 2 aliphatic rings. The number of rotatable bonds is 3. The van der Waals surface area contributed by atoms with Crippen molar-refractivity contribution in [3.05, 3.63) is 24.4 Å². The normalized spacial score (nSPS) is 27.0. The lowest BCUT2D eigenvalue weighted by atomic mass is 9.74. The summed E-state index contributed by atoms with van der Waals surface area (Å²) in [4.78, 5) is 19.3. The van der Waals surface area contributed by atoms with Gasteiger partial charge in [-0.25, -0.2) is 4.98 Å². The van der Waals surface area contributed by atoms with Gasteiger partial charge in [0, 0.05) is 30.9 Å². The molecule has 142 valence electrons. The molecular formula is C18H30Cl2N4O. The number of hydrogen-bond acceptors (Lipinski definition) is 4. The summed E-state index contributed by atoms with van der Waals surface area (Å²) in [5, 5.41) is 3.25. The fourth-order valence-electron chi connectivity index (χ4n) is 3.88. The largest absolute Gasteiger partial charge is 0.356 e. The van der Waals surface area contributed by atoms with E-state index >= 15 is 0 Å². The van der Waals surface area contributed by atoms with E-state index in [1.807, 2.05) is 31.3 Å². The third-order valence-electron chi connectivity index (χ3n) is 5.39. The van der Waals surface area contributed by atoms with Crippen LogP contribution in [-0.4, -0.2) is 35.6 Å². The number of amides is 1. The van der Waals surface area contributed by atoms with Crippen LogP contribution in [0.2, 0.25) is 0 Å². The Morgan fingerprint density at radius 3 is 2.56 bits per heavy atom. The zero-order valence-corrected chi connectivity index (χ0v) is 16.5. The zero-order chi connectivity index (χ0) is 16.3. The summed E-state index contributed by atoms with van der Waals surface area (Å²) in [6, 6.07) is 6.26. The Kier molecular flexibility index (Phi) is 8.45. The van der Waals surface area contributed by atoms with E-state index in [4.69, 9.17) is 5.73 Å². The number of carbonyl (C=O) groups is 1. The van der Waals surface area contributed by atoms with Crippen molar-refractivity contribution in [1.29, 1.82) is 0 Å². The molecule has 7 heteroatoms. The summed E-state index contributed by atoms with van der Waals surface area (Å²) in [5.74, 6) is 1.15. The highest BCUT2D eigenvalue weighted by Crippen LogP contribution is 2.32. The van der Waals surface area contributed by atoms with E-state index in [2.05, 4.69) is 15.2 Å². The van der Waals surface area contributed by atoms with Gasteiger partial charge in [0.2, 0.25) is 5.91 Å². The first-order valence-electron chi connectivity index (χ1n) is 8.81. The van der Waals surface area contributed by atoms with Crippen LogP contribution >= 0.6 is 24.8 Å². The monoisotopic (exact) mass is 388 g/mol. The lowest BCUT2D eigenvalue weighted by Gasteiger charge is -2.39. The number of nitrogens with two attached hydrogens (primary N) is 1. The van der Waals surface area contributed by atoms with Crippen molar-refractivity contribution in [2.45, 2.75) is 57.0 Å². The predicted octanol–water partition coefficient (Wildman–Crippen LogP) is 2.92. The fourth-order valence-corrected chi connectivity index (χ4v) is 3.88. The molecule has 1 aliphatic carbocycles. The number of nitrogens with zero attached hydrogens (tertiary/aromatic N) is 2. The van der Waals surface area contributed by atoms with Crippen molar-refractivity contribution in [3.63, 3.8) is 0 Å². The Morgan fingerprint density at radius 2 is 1.96 bits per heavy atom. The smallest absolute Gasteiger partial charge is 0.225 e. The first-order chi connectivity index (χ1) is 11.1. The quantitative estimate of drug-likeness (QED) is 0.834. The second kappa shape index (κ2) is 9.60. The molecule has 2 fully saturated rings. The first-order valence-corrected chi connectivity index (χ1v) is 8.81. The van der Waals surface area contributed by atoms with Gasteiger partial charge in [-0.05, 0) is 44.7 Å². The van der Waals surface area contributed by atoms with E-state index in [0.717, 1.165) is 57.4 Å². The summed E-state index contributed by atoms with van der Waals surface area (Å²) in [6.45, 7) is 3.90. The van der Waals surface area contributed by atoms with Gasteiger partial charge in [-0.3, -0.25) is 4.79 Å². The van der Waals surface area contributed by atoms with Crippen molar-refractivity contribution in [2.24, 2.45) is 11.7 Å². The number of anilines is 1. The summed E-state index contributed by atoms with van der Waals surface area (Å²) >= 11 is 0. The molecule has 0 spiro atoms. The summed E-state index contributed by atoms with van der Waals surface area (Å²) < 4.78 is 0. The van der Waals surface area contributed by atoms with Crippen LogP contribution in [0.5, 0.6) is 0 Å². The average Bonchev–Trinajstić information content (AvgIpc) is 2.56. The Morgan fingerprint density at radius 1 is 1.24 bits per heavy atom. The minimum Gasteiger partial charge on any atom is -0.356 e. The maximum atomic E-state index is 12.6. The van der Waals surface area contributed by atoms with Gasteiger partial charge in [-0.15, -0.1) is 24.8 Å². The molecule has 3 rings (SSSR count). The van der Waals surface area contributed by atoms with Crippen LogP contribution < -0.4 is 16.0 Å². The van der Waals surface area contributed by atoms with E-state index in [-0.39, 0.29) is 48.2 Å². The maximum absolute atomic E-state index is 12.6. The van der Waals surface area contributed by atoms with Crippen LogP contribution in [0.15, 0.2) is 24.4 Å². The van der Waals surface area contributed by atoms with Crippen LogP contribution in [0, 0.1) is 5.92 Å². The minimum absolute atomic E-state index is 0. The predicted molar refractivity (Wildman–Crippen MR) is 107 cm³/mol. The van der Waals surface area contributed by atoms with Crippen LogP contribution in [0.1, 0.15) is 45.4 Å². The molecule has 1 aromatic heterocycles. The number of nitrogens with one attached hydrogen (secondary N) is 1. The van der Waals surface area contributed by atoms with Crippen LogP contribution in [0.25, 0.3) is 0 Å². The van der Waals surface area contributed by atoms with Crippen LogP contribution in [-0.2, 0) is 4.79 Å². The van der Waals surface area contributed by atoms with E-state index in [1.165, 1.54) is 0 Å². The number of hydrogen-bond donors (Lipinski definition) is 2. The number of carbonyl (C=O) groups excluding carboxylic acids is 1. The lowest BCUT2D eigenvalue weighted by molar-refractivity contribution is -0.129. The number of halogens is 2. The van der Waals surface area contributed by atoms with E-state index in [0.29, 0.717) is 0 Å². The molecule has 0 radical (unpaired) electrons. The highest BCUT2D eigenvalue weighted by atomic mass is 35.5. The number of pyridine rings is 1. The van der Waals surface area contributed by atoms with Gasteiger partial charge in [-0.2, -0.15) is 0 Å². The van der Waals surface area contributed by atoms with Gasteiger partial charge < -0.3 is 16.0 Å². The third kappa shape index (κ3) is 5.47. The zero-order valence-electron chi connectivity index (χ0n) is 14.8. The molecule has 0 aromatic carbocycles. The molecular weight excluding hydrogens is 359 g/mol. The fraction of sp³-hybridized carbons (Fsp3) is 0.667. The summed E-state index contributed by atoms with van der Waals surface area (Å²) in [6.07, 6.45) is 7.89. The van der Waals surface area contributed by atoms with Crippen LogP contribution in [0.3, 0.4) is 0 Å². The van der Waals surface area contributed by atoms with Gasteiger partial charge in [0.15, 0.2) is 0 Å². The Bertz CT molecular complexity index is 533. The molecule has 0 bridgehead atoms. The van der Waals surface area contributed by atoms with Gasteiger partial charge >= 0.3 is 0 Å². The molecule has 2 unspecified atom stereocenters. The van der Waals surface area contributed by atoms with Gasteiger partial charge in [-0.1, -0.05) is 18.9 Å². The van der Waals surface area contributed by atoms with Gasteiger partial charge in [0.1, 0.15) is 5.82 Å². The average molecular weight is 389 g/mol. The molecule has 2 heterocycles. The van der Waals surface area contributed by atoms with Crippen molar-refractivity contribution in [2.75, 3.05) is 18.0 Å². The molecule has 5 nitrogen and oxygen atoms in total. The minimum atomic E-state index is -0.350. The third-order valence-corrected chi connectivity index (χ3v) is 5.39. The molecule has 1 saturated carbocycles. The summed E-state index contributed by atoms with van der Waals surface area (Å²) in [7, 11) is 0. The van der Waals surface area contributed by atoms with E-state index in [9.17, 15) is 4.79 Å². The second-order valence-electron chi connectivity index (χ2n) is 7.26. The van der Waals surface area contributed by atoms with Gasteiger partial charge in [0.25, 0.3) is 0 Å².